The van der Waals surface area contributed by atoms with Gasteiger partial charge in [-0.25, -0.2) is 4.79 Å². The van der Waals surface area contributed by atoms with Crippen molar-refractivity contribution in [1.29, 1.82) is 0 Å². The van der Waals surface area contributed by atoms with Gasteiger partial charge < -0.3 is 15.7 Å². The van der Waals surface area contributed by atoms with E-state index in [1.54, 1.807) is 4.90 Å². The monoisotopic (exact) mass is 311 g/mol. The van der Waals surface area contributed by atoms with Gasteiger partial charge in [0.15, 0.2) is 0 Å². The number of halogens is 3. The molecule has 9 heteroatoms. The van der Waals surface area contributed by atoms with Crippen LogP contribution in [0, 0.1) is 0 Å². The van der Waals surface area contributed by atoms with Crippen molar-refractivity contribution in [1.82, 2.24) is 15.5 Å². The molecular weight excluding hydrogens is 291 g/mol. The number of aliphatic carboxylic acids is 1. The topological polar surface area (TPSA) is 81.7 Å². The Morgan fingerprint density at radius 1 is 1.38 bits per heavy atom. The molecule has 3 N–H and O–H groups in total. The largest absolute Gasteiger partial charge is 0.480 e. The molecule has 1 aliphatic rings. The summed E-state index contributed by atoms with van der Waals surface area (Å²) in [6.07, 6.45) is -3.40. The number of rotatable bonds is 6. The molecule has 122 valence electrons. The number of carbonyl (C=O) groups is 2. The molecule has 1 fully saturated rings. The molecule has 0 bridgehead atoms. The summed E-state index contributed by atoms with van der Waals surface area (Å²) in [7, 11) is 0. The van der Waals surface area contributed by atoms with E-state index >= 15 is 0 Å². The van der Waals surface area contributed by atoms with Gasteiger partial charge in [-0.15, -0.1) is 0 Å². The minimum atomic E-state index is -4.47. The van der Waals surface area contributed by atoms with Crippen LogP contribution in [-0.4, -0.2) is 59.4 Å². The fraction of sp³-hybridized carbons (Fsp3) is 0.833. The van der Waals surface area contributed by atoms with Gasteiger partial charge >= 0.3 is 18.2 Å². The molecule has 0 radical (unpaired) electrons. The number of hydrogen-bond donors (Lipinski definition) is 3. The van der Waals surface area contributed by atoms with Gasteiger partial charge in [-0.1, -0.05) is 6.92 Å². The van der Waals surface area contributed by atoms with Crippen molar-refractivity contribution in [3.05, 3.63) is 0 Å². The fourth-order valence-electron chi connectivity index (χ4n) is 2.18. The first-order valence-electron chi connectivity index (χ1n) is 6.73. The zero-order chi connectivity index (χ0) is 16.2. The third kappa shape index (κ3) is 5.41. The van der Waals surface area contributed by atoms with Crippen molar-refractivity contribution in [3.63, 3.8) is 0 Å². The van der Waals surface area contributed by atoms with Gasteiger partial charge in [0, 0.05) is 12.1 Å². The first kappa shape index (κ1) is 17.5. The van der Waals surface area contributed by atoms with E-state index in [9.17, 15) is 22.8 Å². The molecule has 1 unspecified atom stereocenters. The minimum Gasteiger partial charge on any atom is -0.480 e. The van der Waals surface area contributed by atoms with Gasteiger partial charge in [-0.3, -0.25) is 9.69 Å². The van der Waals surface area contributed by atoms with Crippen molar-refractivity contribution in [2.75, 3.05) is 13.1 Å². The zero-order valence-corrected chi connectivity index (χ0v) is 11.9. The number of carboxylic acids is 1. The first-order chi connectivity index (χ1) is 9.63. The van der Waals surface area contributed by atoms with Crippen LogP contribution in [0.25, 0.3) is 0 Å². The molecule has 1 saturated carbocycles. The quantitative estimate of drug-likeness (QED) is 0.688. The van der Waals surface area contributed by atoms with Crippen molar-refractivity contribution in [3.8, 4) is 0 Å². The molecule has 1 atom stereocenters. The Labute approximate surface area is 120 Å². The Morgan fingerprint density at radius 3 is 2.38 bits per heavy atom. The molecule has 1 rings (SSSR count). The number of nitrogens with zero attached hydrogens (tertiary/aromatic N) is 1. The Morgan fingerprint density at radius 2 is 1.95 bits per heavy atom. The highest BCUT2D eigenvalue weighted by Gasteiger charge is 2.38. The molecule has 1 aliphatic carbocycles. The van der Waals surface area contributed by atoms with Crippen LogP contribution in [0.3, 0.4) is 0 Å². The van der Waals surface area contributed by atoms with Crippen molar-refractivity contribution >= 4 is 12.0 Å². The lowest BCUT2D eigenvalue weighted by Crippen LogP contribution is -2.58. The number of carboxylic acid groups (broad SMARTS) is 1. The second-order valence-electron chi connectivity index (χ2n) is 5.16. The number of hydrogen-bond acceptors (Lipinski definition) is 3. The Hall–Kier alpha value is -1.51. The summed E-state index contributed by atoms with van der Waals surface area (Å²) in [5.41, 5.74) is 0. The predicted octanol–water partition coefficient (Wildman–Crippen LogP) is 1.17. The van der Waals surface area contributed by atoms with E-state index in [4.69, 9.17) is 5.11 Å². The molecule has 0 saturated heterocycles. The van der Waals surface area contributed by atoms with Crippen LogP contribution in [-0.2, 0) is 4.79 Å². The summed E-state index contributed by atoms with van der Waals surface area (Å²) < 4.78 is 36.8. The second kappa shape index (κ2) is 6.97. The number of carbonyl (C=O) groups excluding carboxylic acids is 1. The van der Waals surface area contributed by atoms with Crippen LogP contribution in [0.4, 0.5) is 18.0 Å². The highest BCUT2D eigenvalue weighted by atomic mass is 19.4. The molecule has 0 aliphatic heterocycles. The normalized spacial score (nSPS) is 23.3. The molecule has 0 heterocycles. The Balaban J connectivity index is 2.31. The van der Waals surface area contributed by atoms with Crippen molar-refractivity contribution in [2.24, 2.45) is 0 Å². The summed E-state index contributed by atoms with van der Waals surface area (Å²) in [5.74, 6) is -0.926. The Kier molecular flexibility index (Phi) is 5.82. The van der Waals surface area contributed by atoms with E-state index in [0.717, 1.165) is 6.92 Å². The van der Waals surface area contributed by atoms with Crippen LogP contribution < -0.4 is 10.6 Å². The standard InChI is InChI=1S/C12H20F3N3O3/c1-3-18(6-10(19)20)9-4-8(5-9)17-11(21)16-7(2)12(13,14)15/h7-9H,3-6H2,1-2H3,(H,19,20)(H2,16,17,21). The van der Waals surface area contributed by atoms with E-state index in [1.165, 1.54) is 0 Å². The molecule has 21 heavy (non-hydrogen) atoms. The number of amides is 2. The molecular formula is C12H20F3N3O3. The van der Waals surface area contributed by atoms with E-state index < -0.39 is 24.2 Å². The van der Waals surface area contributed by atoms with E-state index in [2.05, 4.69) is 5.32 Å². The highest BCUT2D eigenvalue weighted by molar-refractivity contribution is 5.74. The minimum absolute atomic E-state index is 0.0384. The third-order valence-corrected chi connectivity index (χ3v) is 3.55. The Bertz CT molecular complexity index is 384. The first-order valence-corrected chi connectivity index (χ1v) is 6.73. The van der Waals surface area contributed by atoms with Crippen LogP contribution >= 0.6 is 0 Å². The average molecular weight is 311 g/mol. The summed E-state index contributed by atoms with van der Waals surface area (Å²) in [6.45, 7) is 3.20. The van der Waals surface area contributed by atoms with E-state index in [0.29, 0.717) is 19.4 Å². The maximum atomic E-state index is 12.3. The lowest BCUT2D eigenvalue weighted by molar-refractivity contribution is -0.148. The fourth-order valence-corrected chi connectivity index (χ4v) is 2.18. The smallest absolute Gasteiger partial charge is 0.408 e. The number of urea groups is 1. The highest BCUT2D eigenvalue weighted by Crippen LogP contribution is 2.25. The predicted molar refractivity (Wildman–Crippen MR) is 68.9 cm³/mol. The molecule has 0 aromatic heterocycles. The average Bonchev–Trinajstić information content (AvgIpc) is 2.29. The van der Waals surface area contributed by atoms with Crippen LogP contribution in [0.2, 0.25) is 0 Å². The third-order valence-electron chi connectivity index (χ3n) is 3.55. The summed E-state index contributed by atoms with van der Waals surface area (Å²) in [6, 6.07) is -2.95. The van der Waals surface area contributed by atoms with Crippen LogP contribution in [0.1, 0.15) is 26.7 Å². The second-order valence-corrected chi connectivity index (χ2v) is 5.16. The van der Waals surface area contributed by atoms with Crippen LogP contribution in [0.5, 0.6) is 0 Å². The van der Waals surface area contributed by atoms with Crippen LogP contribution in [0.15, 0.2) is 0 Å². The van der Waals surface area contributed by atoms with Gasteiger partial charge in [-0.2, -0.15) is 13.2 Å². The van der Waals surface area contributed by atoms with Crippen molar-refractivity contribution in [2.45, 2.75) is 51.0 Å². The number of alkyl halides is 3. The van der Waals surface area contributed by atoms with E-state index in [-0.39, 0.29) is 18.6 Å². The molecule has 0 aromatic rings. The van der Waals surface area contributed by atoms with Gasteiger partial charge in [-0.05, 0) is 26.3 Å². The summed E-state index contributed by atoms with van der Waals surface area (Å²) in [5, 5.41) is 13.0. The number of likely N-dealkylation sites (N-methyl/N-ethyl adjacent to an activating group) is 1. The van der Waals surface area contributed by atoms with Gasteiger partial charge in [0.05, 0.1) is 6.54 Å². The van der Waals surface area contributed by atoms with Crippen molar-refractivity contribution < 1.29 is 27.9 Å². The SMILES string of the molecule is CCN(CC(=O)O)C1CC(NC(=O)NC(C)C(F)(F)F)C1. The van der Waals surface area contributed by atoms with E-state index in [1.807, 2.05) is 12.2 Å². The maximum absolute atomic E-state index is 12.3. The molecule has 0 spiro atoms. The lowest BCUT2D eigenvalue weighted by Gasteiger charge is -2.42. The molecule has 2 amide bonds. The zero-order valence-electron chi connectivity index (χ0n) is 11.9. The van der Waals surface area contributed by atoms with Gasteiger partial charge in [0.1, 0.15) is 6.04 Å². The number of nitrogens with one attached hydrogen (secondary N) is 2. The summed E-state index contributed by atoms with van der Waals surface area (Å²) >= 11 is 0. The molecule has 0 aromatic carbocycles. The lowest BCUT2D eigenvalue weighted by atomic mass is 9.85. The maximum Gasteiger partial charge on any atom is 0.408 e. The molecule has 6 nitrogen and oxygen atoms in total. The van der Waals surface area contributed by atoms with Gasteiger partial charge in [0.25, 0.3) is 0 Å². The summed E-state index contributed by atoms with van der Waals surface area (Å²) in [4.78, 5) is 23.8. The van der Waals surface area contributed by atoms with Gasteiger partial charge in [0.2, 0.25) is 0 Å².